The maximum atomic E-state index is 12.8. The summed E-state index contributed by atoms with van der Waals surface area (Å²) in [4.78, 5) is 0. The second kappa shape index (κ2) is 5.56. The van der Waals surface area contributed by atoms with Crippen LogP contribution in [0.15, 0.2) is 18.2 Å². The number of hydrogen-bond donors (Lipinski definition) is 1. The lowest BCUT2D eigenvalue weighted by Gasteiger charge is -2.27. The number of nitrogens with two attached hydrogens (primary N) is 1. The van der Waals surface area contributed by atoms with E-state index in [9.17, 15) is 17.6 Å². The summed E-state index contributed by atoms with van der Waals surface area (Å²) in [6.07, 6.45) is -6.52. The number of rotatable bonds is 4. The molecule has 0 aromatic heterocycles. The van der Waals surface area contributed by atoms with Crippen molar-refractivity contribution in [1.29, 1.82) is 0 Å². The number of alkyl halides is 3. The summed E-state index contributed by atoms with van der Waals surface area (Å²) in [5.41, 5.74) is 5.71. The van der Waals surface area contributed by atoms with Crippen LogP contribution in [0, 0.1) is 12.7 Å². The molecule has 0 spiro atoms. The van der Waals surface area contributed by atoms with Gasteiger partial charge in [0.15, 0.2) is 0 Å². The maximum Gasteiger partial charge on any atom is 0.426 e. The molecule has 2 atom stereocenters. The van der Waals surface area contributed by atoms with Crippen LogP contribution in [0.2, 0.25) is 0 Å². The van der Waals surface area contributed by atoms with Crippen molar-refractivity contribution in [2.75, 3.05) is 0 Å². The Labute approximate surface area is 103 Å². The number of aryl methyl sites for hydroxylation is 1. The van der Waals surface area contributed by atoms with Gasteiger partial charge in [-0.1, -0.05) is 6.92 Å². The van der Waals surface area contributed by atoms with Crippen molar-refractivity contribution in [1.82, 2.24) is 0 Å². The monoisotopic (exact) mass is 265 g/mol. The molecule has 1 rings (SSSR count). The molecule has 0 bridgehead atoms. The standard InChI is InChI=1S/C12H15F4NO/c1-3-9(17)11(12(14,15)16)18-10-5-4-8(13)6-7(10)2/h4-6,9,11H,3,17H2,1-2H3. The Morgan fingerprint density at radius 3 is 2.39 bits per heavy atom. The van der Waals surface area contributed by atoms with Gasteiger partial charge >= 0.3 is 6.18 Å². The fraction of sp³-hybridized carbons (Fsp3) is 0.500. The van der Waals surface area contributed by atoms with E-state index in [0.29, 0.717) is 5.56 Å². The Bertz CT molecular complexity index is 406. The molecule has 6 heteroatoms. The van der Waals surface area contributed by atoms with Crippen LogP contribution in [-0.2, 0) is 0 Å². The molecule has 1 aromatic carbocycles. The molecule has 0 radical (unpaired) electrons. The lowest BCUT2D eigenvalue weighted by molar-refractivity contribution is -0.200. The van der Waals surface area contributed by atoms with E-state index in [4.69, 9.17) is 10.5 Å². The van der Waals surface area contributed by atoms with Crippen molar-refractivity contribution in [2.24, 2.45) is 5.73 Å². The minimum absolute atomic E-state index is 0.0115. The van der Waals surface area contributed by atoms with Gasteiger partial charge in [0.2, 0.25) is 6.10 Å². The molecule has 102 valence electrons. The lowest BCUT2D eigenvalue weighted by Crippen LogP contribution is -2.48. The molecule has 0 aliphatic carbocycles. The summed E-state index contributed by atoms with van der Waals surface area (Å²) >= 11 is 0. The van der Waals surface area contributed by atoms with E-state index in [0.717, 1.165) is 12.1 Å². The van der Waals surface area contributed by atoms with Crippen LogP contribution in [0.25, 0.3) is 0 Å². The third kappa shape index (κ3) is 3.60. The minimum Gasteiger partial charge on any atom is -0.479 e. The van der Waals surface area contributed by atoms with Crippen molar-refractivity contribution >= 4 is 0 Å². The van der Waals surface area contributed by atoms with Gasteiger partial charge in [-0.3, -0.25) is 0 Å². The van der Waals surface area contributed by atoms with E-state index in [1.54, 1.807) is 6.92 Å². The van der Waals surface area contributed by atoms with Gasteiger partial charge in [0, 0.05) is 0 Å². The molecule has 0 aliphatic rings. The predicted octanol–water partition coefficient (Wildman–Crippen LogP) is 3.18. The molecule has 1 aromatic rings. The second-order valence-electron chi connectivity index (χ2n) is 4.06. The minimum atomic E-state index is -4.56. The SMILES string of the molecule is CCC(N)C(Oc1ccc(F)cc1C)C(F)(F)F. The first-order valence-corrected chi connectivity index (χ1v) is 5.50. The Morgan fingerprint density at radius 1 is 1.33 bits per heavy atom. The molecule has 0 saturated heterocycles. The largest absolute Gasteiger partial charge is 0.479 e. The summed E-state index contributed by atoms with van der Waals surface area (Å²) in [5.74, 6) is -0.536. The van der Waals surface area contributed by atoms with Crippen molar-refractivity contribution in [3.8, 4) is 5.75 Å². The van der Waals surface area contributed by atoms with Gasteiger partial charge in [-0.2, -0.15) is 13.2 Å². The van der Waals surface area contributed by atoms with E-state index in [-0.39, 0.29) is 12.2 Å². The van der Waals surface area contributed by atoms with Crippen molar-refractivity contribution < 1.29 is 22.3 Å². The fourth-order valence-electron chi connectivity index (χ4n) is 1.49. The lowest BCUT2D eigenvalue weighted by atomic mass is 10.1. The van der Waals surface area contributed by atoms with Crippen LogP contribution >= 0.6 is 0 Å². The zero-order valence-electron chi connectivity index (χ0n) is 10.1. The normalized spacial score (nSPS) is 15.3. The Balaban J connectivity index is 2.96. The highest BCUT2D eigenvalue weighted by Crippen LogP contribution is 2.29. The molecule has 0 amide bonds. The third-order valence-electron chi connectivity index (χ3n) is 2.57. The first-order chi connectivity index (χ1) is 8.25. The fourth-order valence-corrected chi connectivity index (χ4v) is 1.49. The molecule has 0 fully saturated rings. The van der Waals surface area contributed by atoms with E-state index < -0.39 is 24.1 Å². The number of hydrogen-bond acceptors (Lipinski definition) is 2. The first-order valence-electron chi connectivity index (χ1n) is 5.50. The average molecular weight is 265 g/mol. The molecule has 0 saturated carbocycles. The Morgan fingerprint density at radius 2 is 1.94 bits per heavy atom. The summed E-state index contributed by atoms with van der Waals surface area (Å²) in [5, 5.41) is 0. The first kappa shape index (κ1) is 14.8. The quantitative estimate of drug-likeness (QED) is 0.848. The van der Waals surface area contributed by atoms with Gasteiger partial charge in [-0.05, 0) is 37.1 Å². The van der Waals surface area contributed by atoms with Crippen molar-refractivity contribution in [3.63, 3.8) is 0 Å². The van der Waals surface area contributed by atoms with Gasteiger partial charge < -0.3 is 10.5 Å². The molecule has 18 heavy (non-hydrogen) atoms. The van der Waals surface area contributed by atoms with Crippen molar-refractivity contribution in [2.45, 2.75) is 38.6 Å². The van der Waals surface area contributed by atoms with Crippen LogP contribution in [0.1, 0.15) is 18.9 Å². The molecular formula is C12H15F4NO. The van der Waals surface area contributed by atoms with E-state index >= 15 is 0 Å². The number of ether oxygens (including phenoxy) is 1. The highest BCUT2D eigenvalue weighted by Gasteiger charge is 2.45. The topological polar surface area (TPSA) is 35.2 Å². The van der Waals surface area contributed by atoms with Gasteiger partial charge in [0.05, 0.1) is 6.04 Å². The Kier molecular flexibility index (Phi) is 4.56. The van der Waals surface area contributed by atoms with Gasteiger partial charge in [-0.25, -0.2) is 4.39 Å². The van der Waals surface area contributed by atoms with E-state index in [1.165, 1.54) is 13.0 Å². The summed E-state index contributed by atoms with van der Waals surface area (Å²) in [6.45, 7) is 3.02. The van der Waals surface area contributed by atoms with Crippen LogP contribution in [-0.4, -0.2) is 18.3 Å². The molecule has 0 aliphatic heterocycles. The van der Waals surface area contributed by atoms with Crippen LogP contribution in [0.5, 0.6) is 5.75 Å². The third-order valence-corrected chi connectivity index (χ3v) is 2.57. The highest BCUT2D eigenvalue weighted by molar-refractivity contribution is 5.33. The summed E-state index contributed by atoms with van der Waals surface area (Å²) < 4.78 is 56.1. The molecular weight excluding hydrogens is 250 g/mol. The molecule has 2 nitrogen and oxygen atoms in total. The van der Waals surface area contributed by atoms with Gasteiger partial charge in [0.1, 0.15) is 11.6 Å². The van der Waals surface area contributed by atoms with Gasteiger partial charge in [0.25, 0.3) is 0 Å². The number of halogens is 4. The van der Waals surface area contributed by atoms with Crippen LogP contribution in [0.3, 0.4) is 0 Å². The van der Waals surface area contributed by atoms with Gasteiger partial charge in [-0.15, -0.1) is 0 Å². The second-order valence-corrected chi connectivity index (χ2v) is 4.06. The molecule has 0 heterocycles. The van der Waals surface area contributed by atoms with E-state index in [2.05, 4.69) is 0 Å². The number of benzene rings is 1. The Hall–Kier alpha value is -1.30. The highest BCUT2D eigenvalue weighted by atomic mass is 19.4. The summed E-state index contributed by atoms with van der Waals surface area (Å²) in [7, 11) is 0. The predicted molar refractivity (Wildman–Crippen MR) is 59.9 cm³/mol. The zero-order chi connectivity index (χ0) is 13.9. The zero-order valence-corrected chi connectivity index (χ0v) is 10.1. The van der Waals surface area contributed by atoms with Crippen LogP contribution in [0.4, 0.5) is 17.6 Å². The van der Waals surface area contributed by atoms with E-state index in [1.807, 2.05) is 0 Å². The van der Waals surface area contributed by atoms with Crippen LogP contribution < -0.4 is 10.5 Å². The maximum absolute atomic E-state index is 12.8. The molecule has 2 N–H and O–H groups in total. The summed E-state index contributed by atoms with van der Waals surface area (Å²) in [6, 6.07) is 2.17. The van der Waals surface area contributed by atoms with Crippen molar-refractivity contribution in [3.05, 3.63) is 29.6 Å². The molecule has 2 unspecified atom stereocenters. The average Bonchev–Trinajstić information content (AvgIpc) is 2.25. The smallest absolute Gasteiger partial charge is 0.426 e.